The Bertz CT molecular complexity index is 445. The second-order valence-electron chi connectivity index (χ2n) is 4.45. The molecule has 1 aromatic carbocycles. The van der Waals surface area contributed by atoms with Crippen molar-refractivity contribution >= 4 is 17.7 Å². The van der Waals surface area contributed by atoms with Gasteiger partial charge in [-0.2, -0.15) is 0 Å². The zero-order valence-corrected chi connectivity index (χ0v) is 11.4. The standard InChI is InChI=1S/C14H20N2O4/c1-2-3-10-4-6-11(7-5-10)15-14(20)16-12(8-9-17)13(18)19/h4-7,12,17H,2-3,8-9H2,1H3,(H,18,19)(H2,15,16,20)/t12-/m0/s1. The lowest BCUT2D eigenvalue weighted by Gasteiger charge is -2.14. The monoisotopic (exact) mass is 280 g/mol. The van der Waals surface area contributed by atoms with E-state index in [2.05, 4.69) is 17.6 Å². The normalized spacial score (nSPS) is 11.7. The summed E-state index contributed by atoms with van der Waals surface area (Å²) in [5.74, 6) is -1.17. The van der Waals surface area contributed by atoms with Gasteiger partial charge in [0.25, 0.3) is 0 Å². The summed E-state index contributed by atoms with van der Waals surface area (Å²) in [7, 11) is 0. The number of aryl methyl sites for hydroxylation is 1. The molecule has 6 heteroatoms. The molecular formula is C14H20N2O4. The topological polar surface area (TPSA) is 98.7 Å². The van der Waals surface area contributed by atoms with Crippen molar-refractivity contribution < 1.29 is 19.8 Å². The van der Waals surface area contributed by atoms with Gasteiger partial charge in [-0.25, -0.2) is 9.59 Å². The summed E-state index contributed by atoms with van der Waals surface area (Å²) < 4.78 is 0. The van der Waals surface area contributed by atoms with Gasteiger partial charge in [0.1, 0.15) is 6.04 Å². The Hall–Kier alpha value is -2.08. The highest BCUT2D eigenvalue weighted by molar-refractivity contribution is 5.92. The lowest BCUT2D eigenvalue weighted by atomic mass is 10.1. The highest BCUT2D eigenvalue weighted by atomic mass is 16.4. The van der Waals surface area contributed by atoms with Crippen LogP contribution >= 0.6 is 0 Å². The third kappa shape index (κ3) is 5.27. The van der Waals surface area contributed by atoms with E-state index in [1.165, 1.54) is 5.56 Å². The number of carboxylic acid groups (broad SMARTS) is 1. The number of amides is 2. The van der Waals surface area contributed by atoms with Crippen LogP contribution in [0.2, 0.25) is 0 Å². The van der Waals surface area contributed by atoms with Crippen LogP contribution in [-0.4, -0.2) is 34.9 Å². The van der Waals surface area contributed by atoms with E-state index in [1.54, 1.807) is 12.1 Å². The fourth-order valence-electron chi connectivity index (χ4n) is 1.76. The first-order chi connectivity index (χ1) is 9.56. The van der Waals surface area contributed by atoms with Crippen molar-refractivity contribution in [3.05, 3.63) is 29.8 Å². The van der Waals surface area contributed by atoms with E-state index in [0.717, 1.165) is 12.8 Å². The summed E-state index contributed by atoms with van der Waals surface area (Å²) in [5, 5.41) is 22.5. The third-order valence-electron chi connectivity index (χ3n) is 2.77. The number of benzene rings is 1. The zero-order chi connectivity index (χ0) is 15.0. The summed E-state index contributed by atoms with van der Waals surface area (Å²) in [6.45, 7) is 1.79. The minimum atomic E-state index is -1.17. The lowest BCUT2D eigenvalue weighted by Crippen LogP contribution is -2.43. The van der Waals surface area contributed by atoms with Crippen LogP contribution in [0.1, 0.15) is 25.3 Å². The maximum atomic E-state index is 11.6. The van der Waals surface area contributed by atoms with Crippen molar-refractivity contribution in [2.24, 2.45) is 0 Å². The smallest absolute Gasteiger partial charge is 0.326 e. The van der Waals surface area contributed by atoms with Crippen LogP contribution in [0.15, 0.2) is 24.3 Å². The molecular weight excluding hydrogens is 260 g/mol. The van der Waals surface area contributed by atoms with Crippen LogP contribution in [0.3, 0.4) is 0 Å². The molecule has 6 nitrogen and oxygen atoms in total. The molecule has 0 aromatic heterocycles. The number of aliphatic carboxylic acids is 1. The molecule has 1 atom stereocenters. The Morgan fingerprint density at radius 2 is 1.90 bits per heavy atom. The highest BCUT2D eigenvalue weighted by Gasteiger charge is 2.18. The van der Waals surface area contributed by atoms with Gasteiger partial charge in [-0.3, -0.25) is 0 Å². The number of nitrogens with one attached hydrogen (secondary N) is 2. The first kappa shape index (κ1) is 16.0. The number of aliphatic hydroxyl groups is 1. The predicted molar refractivity (Wildman–Crippen MR) is 75.7 cm³/mol. The molecule has 0 aliphatic rings. The lowest BCUT2D eigenvalue weighted by molar-refractivity contribution is -0.139. The van der Waals surface area contributed by atoms with Crippen molar-refractivity contribution in [2.75, 3.05) is 11.9 Å². The van der Waals surface area contributed by atoms with Crippen LogP contribution in [0.4, 0.5) is 10.5 Å². The summed E-state index contributed by atoms with van der Waals surface area (Å²) in [6.07, 6.45) is 2.00. The molecule has 110 valence electrons. The van der Waals surface area contributed by atoms with Crippen LogP contribution in [-0.2, 0) is 11.2 Å². The first-order valence-electron chi connectivity index (χ1n) is 6.57. The number of hydrogen-bond acceptors (Lipinski definition) is 3. The van der Waals surface area contributed by atoms with Crippen LogP contribution in [0, 0.1) is 0 Å². The Kier molecular flexibility index (Phi) is 6.52. The number of aliphatic hydroxyl groups excluding tert-OH is 1. The number of anilines is 1. The van der Waals surface area contributed by atoms with Crippen molar-refractivity contribution in [3.63, 3.8) is 0 Å². The average molecular weight is 280 g/mol. The number of carbonyl (C=O) groups is 2. The van der Waals surface area contributed by atoms with Gasteiger partial charge < -0.3 is 20.8 Å². The van der Waals surface area contributed by atoms with E-state index in [0.29, 0.717) is 5.69 Å². The maximum Gasteiger partial charge on any atom is 0.326 e. The van der Waals surface area contributed by atoms with Gasteiger partial charge in [-0.05, 0) is 24.1 Å². The minimum absolute atomic E-state index is 0.0296. The van der Waals surface area contributed by atoms with Crippen molar-refractivity contribution in [1.82, 2.24) is 5.32 Å². The highest BCUT2D eigenvalue weighted by Crippen LogP contribution is 2.11. The van der Waals surface area contributed by atoms with Crippen LogP contribution in [0.25, 0.3) is 0 Å². The average Bonchev–Trinajstić information content (AvgIpc) is 2.40. The summed E-state index contributed by atoms with van der Waals surface area (Å²) >= 11 is 0. The second-order valence-corrected chi connectivity index (χ2v) is 4.45. The molecule has 0 spiro atoms. The molecule has 4 N–H and O–H groups in total. The van der Waals surface area contributed by atoms with Crippen molar-refractivity contribution in [3.8, 4) is 0 Å². The number of urea groups is 1. The fourth-order valence-corrected chi connectivity index (χ4v) is 1.76. The second kappa shape index (κ2) is 8.16. The quantitative estimate of drug-likeness (QED) is 0.609. The van der Waals surface area contributed by atoms with Gasteiger partial charge in [0.15, 0.2) is 0 Å². The SMILES string of the molecule is CCCc1ccc(NC(=O)N[C@@H](CCO)C(=O)O)cc1. The molecule has 2 amide bonds. The molecule has 0 saturated heterocycles. The van der Waals surface area contributed by atoms with E-state index in [-0.39, 0.29) is 13.0 Å². The van der Waals surface area contributed by atoms with Crippen LogP contribution in [0.5, 0.6) is 0 Å². The zero-order valence-electron chi connectivity index (χ0n) is 11.4. The van der Waals surface area contributed by atoms with Gasteiger partial charge >= 0.3 is 12.0 Å². The number of carbonyl (C=O) groups excluding carboxylic acids is 1. The van der Waals surface area contributed by atoms with E-state index in [1.807, 2.05) is 12.1 Å². The first-order valence-corrected chi connectivity index (χ1v) is 6.57. The Balaban J connectivity index is 2.54. The minimum Gasteiger partial charge on any atom is -0.480 e. The summed E-state index contributed by atoms with van der Waals surface area (Å²) in [5.41, 5.74) is 1.78. The van der Waals surface area contributed by atoms with Gasteiger partial charge in [0.2, 0.25) is 0 Å². The Morgan fingerprint density at radius 1 is 1.25 bits per heavy atom. The molecule has 1 aromatic rings. The van der Waals surface area contributed by atoms with E-state index < -0.39 is 18.0 Å². The van der Waals surface area contributed by atoms with Gasteiger partial charge in [-0.15, -0.1) is 0 Å². The molecule has 0 aliphatic carbocycles. The fraction of sp³-hybridized carbons (Fsp3) is 0.429. The number of hydrogen-bond donors (Lipinski definition) is 4. The Morgan fingerprint density at radius 3 is 2.40 bits per heavy atom. The third-order valence-corrected chi connectivity index (χ3v) is 2.77. The number of rotatable bonds is 7. The molecule has 0 unspecified atom stereocenters. The molecule has 0 heterocycles. The van der Waals surface area contributed by atoms with Gasteiger partial charge in [-0.1, -0.05) is 25.5 Å². The summed E-state index contributed by atoms with van der Waals surface area (Å²) in [6, 6.07) is 5.68. The molecule has 1 rings (SSSR count). The largest absolute Gasteiger partial charge is 0.480 e. The van der Waals surface area contributed by atoms with Gasteiger partial charge in [0, 0.05) is 18.7 Å². The van der Waals surface area contributed by atoms with Crippen molar-refractivity contribution in [1.29, 1.82) is 0 Å². The van der Waals surface area contributed by atoms with Crippen LogP contribution < -0.4 is 10.6 Å². The van der Waals surface area contributed by atoms with E-state index in [9.17, 15) is 9.59 Å². The van der Waals surface area contributed by atoms with E-state index >= 15 is 0 Å². The Labute approximate surface area is 117 Å². The molecule has 0 aliphatic heterocycles. The predicted octanol–water partition coefficient (Wildman–Crippen LogP) is 1.60. The van der Waals surface area contributed by atoms with Crippen molar-refractivity contribution in [2.45, 2.75) is 32.2 Å². The van der Waals surface area contributed by atoms with E-state index in [4.69, 9.17) is 10.2 Å². The molecule has 0 radical (unpaired) electrons. The maximum absolute atomic E-state index is 11.6. The number of carboxylic acids is 1. The molecule has 0 fully saturated rings. The molecule has 0 bridgehead atoms. The summed E-state index contributed by atoms with van der Waals surface area (Å²) in [4.78, 5) is 22.5. The molecule has 20 heavy (non-hydrogen) atoms. The molecule has 0 saturated carbocycles. The van der Waals surface area contributed by atoms with Gasteiger partial charge in [0.05, 0.1) is 0 Å².